The van der Waals surface area contributed by atoms with Crippen LogP contribution in [0.25, 0.3) is 5.69 Å². The smallest absolute Gasteiger partial charge is 0.138 e. The highest BCUT2D eigenvalue weighted by Crippen LogP contribution is 2.19. The molecule has 0 radical (unpaired) electrons. The molecule has 0 aliphatic heterocycles. The molecule has 1 aromatic heterocycles. The highest BCUT2D eigenvalue weighted by molar-refractivity contribution is 6.32. The molecule has 2 aromatic rings. The molecule has 3 nitrogen and oxygen atoms in total. The first kappa shape index (κ1) is 10.2. The van der Waals surface area contributed by atoms with E-state index >= 15 is 0 Å². The zero-order valence-electron chi connectivity index (χ0n) is 8.52. The third-order valence-electron chi connectivity index (χ3n) is 2.17. The Morgan fingerprint density at radius 3 is 2.87 bits per heavy atom. The maximum absolute atomic E-state index is 6.10. The Morgan fingerprint density at radius 2 is 2.13 bits per heavy atom. The quantitative estimate of drug-likeness (QED) is 0.798. The fourth-order valence-corrected chi connectivity index (χ4v) is 1.70. The van der Waals surface area contributed by atoms with Crippen molar-refractivity contribution < 1.29 is 0 Å². The van der Waals surface area contributed by atoms with Crippen molar-refractivity contribution in [2.75, 3.05) is 0 Å². The highest BCUT2D eigenvalue weighted by Gasteiger charge is 2.07. The van der Waals surface area contributed by atoms with E-state index in [0.717, 1.165) is 24.4 Å². The second kappa shape index (κ2) is 4.45. The van der Waals surface area contributed by atoms with E-state index in [9.17, 15) is 0 Å². The summed E-state index contributed by atoms with van der Waals surface area (Å²) in [7, 11) is 0. The lowest BCUT2D eigenvalue weighted by molar-refractivity contribution is 0.759. The average molecular weight is 222 g/mol. The van der Waals surface area contributed by atoms with Gasteiger partial charge in [-0.3, -0.25) is 0 Å². The number of rotatable bonds is 3. The van der Waals surface area contributed by atoms with E-state index in [-0.39, 0.29) is 0 Å². The Hall–Kier alpha value is -1.35. The first-order chi connectivity index (χ1) is 7.33. The molecule has 0 bridgehead atoms. The van der Waals surface area contributed by atoms with Gasteiger partial charge in [0.25, 0.3) is 0 Å². The van der Waals surface area contributed by atoms with Crippen molar-refractivity contribution >= 4 is 11.6 Å². The third kappa shape index (κ3) is 2.02. The number of hydrogen-bond donors (Lipinski definition) is 0. The van der Waals surface area contributed by atoms with Gasteiger partial charge in [0.15, 0.2) is 0 Å². The van der Waals surface area contributed by atoms with E-state index in [0.29, 0.717) is 5.02 Å². The number of aryl methyl sites for hydroxylation is 1. The van der Waals surface area contributed by atoms with Gasteiger partial charge in [-0.1, -0.05) is 30.7 Å². The number of benzene rings is 1. The molecule has 2 rings (SSSR count). The van der Waals surface area contributed by atoms with Gasteiger partial charge in [-0.15, -0.1) is 0 Å². The van der Waals surface area contributed by atoms with Gasteiger partial charge in [0.05, 0.1) is 10.7 Å². The zero-order valence-corrected chi connectivity index (χ0v) is 9.28. The van der Waals surface area contributed by atoms with Gasteiger partial charge in [-0.2, -0.15) is 5.10 Å². The molecule has 0 fully saturated rings. The van der Waals surface area contributed by atoms with Crippen LogP contribution in [-0.2, 0) is 6.42 Å². The Labute approximate surface area is 93.7 Å². The maximum Gasteiger partial charge on any atom is 0.138 e. The molecule has 0 aliphatic carbocycles. The van der Waals surface area contributed by atoms with Crippen LogP contribution in [0.2, 0.25) is 5.02 Å². The standard InChI is InChI=1S/C11H12ClN3/c1-2-5-11-13-8-14-15(11)10-7-4-3-6-9(10)12/h3-4,6-8H,2,5H2,1H3. The Bertz CT molecular complexity index is 451. The fraction of sp³-hybridized carbons (Fsp3) is 0.273. The fourth-order valence-electron chi connectivity index (χ4n) is 1.48. The third-order valence-corrected chi connectivity index (χ3v) is 2.49. The summed E-state index contributed by atoms with van der Waals surface area (Å²) in [5, 5.41) is 4.88. The van der Waals surface area contributed by atoms with E-state index in [1.165, 1.54) is 0 Å². The van der Waals surface area contributed by atoms with Crippen molar-refractivity contribution in [3.05, 3.63) is 41.4 Å². The predicted octanol–water partition coefficient (Wildman–Crippen LogP) is 2.87. The molecular weight excluding hydrogens is 210 g/mol. The first-order valence-corrected chi connectivity index (χ1v) is 5.34. The minimum absolute atomic E-state index is 0.695. The van der Waals surface area contributed by atoms with Crippen molar-refractivity contribution in [1.82, 2.24) is 14.8 Å². The van der Waals surface area contributed by atoms with E-state index in [4.69, 9.17) is 11.6 Å². The molecule has 0 unspecified atom stereocenters. The summed E-state index contributed by atoms with van der Waals surface area (Å²) in [6.45, 7) is 2.12. The van der Waals surface area contributed by atoms with Crippen LogP contribution in [0.4, 0.5) is 0 Å². The second-order valence-corrected chi connectivity index (χ2v) is 3.70. The summed E-state index contributed by atoms with van der Waals surface area (Å²) in [6.07, 6.45) is 3.52. The Balaban J connectivity index is 2.45. The summed E-state index contributed by atoms with van der Waals surface area (Å²) < 4.78 is 1.80. The van der Waals surface area contributed by atoms with Crippen LogP contribution >= 0.6 is 11.6 Å². The van der Waals surface area contributed by atoms with Crippen LogP contribution in [0.15, 0.2) is 30.6 Å². The van der Waals surface area contributed by atoms with Crippen LogP contribution < -0.4 is 0 Å². The van der Waals surface area contributed by atoms with E-state index in [2.05, 4.69) is 17.0 Å². The van der Waals surface area contributed by atoms with Crippen LogP contribution in [0.3, 0.4) is 0 Å². The lowest BCUT2D eigenvalue weighted by Gasteiger charge is -2.06. The van der Waals surface area contributed by atoms with Gasteiger partial charge in [0.2, 0.25) is 0 Å². The van der Waals surface area contributed by atoms with Gasteiger partial charge >= 0.3 is 0 Å². The highest BCUT2D eigenvalue weighted by atomic mass is 35.5. The minimum atomic E-state index is 0.695. The summed E-state index contributed by atoms with van der Waals surface area (Å²) in [4.78, 5) is 4.22. The molecule has 4 heteroatoms. The monoisotopic (exact) mass is 221 g/mol. The van der Waals surface area contributed by atoms with E-state index in [1.807, 2.05) is 24.3 Å². The zero-order chi connectivity index (χ0) is 10.7. The lowest BCUT2D eigenvalue weighted by Crippen LogP contribution is -2.03. The SMILES string of the molecule is CCCc1ncnn1-c1ccccc1Cl. The average Bonchev–Trinajstić information content (AvgIpc) is 2.67. The van der Waals surface area contributed by atoms with Crippen molar-refractivity contribution in [2.24, 2.45) is 0 Å². The van der Waals surface area contributed by atoms with Crippen LogP contribution in [0, 0.1) is 0 Å². The van der Waals surface area contributed by atoms with Crippen LogP contribution in [0.5, 0.6) is 0 Å². The van der Waals surface area contributed by atoms with E-state index < -0.39 is 0 Å². The molecule has 78 valence electrons. The molecule has 0 atom stereocenters. The molecule has 1 heterocycles. The molecule has 0 aliphatic rings. The summed E-state index contributed by atoms with van der Waals surface area (Å²) in [5.41, 5.74) is 0.889. The Kier molecular flexibility index (Phi) is 3.02. The molecule has 0 N–H and O–H groups in total. The maximum atomic E-state index is 6.10. The molecule has 0 saturated carbocycles. The normalized spacial score (nSPS) is 10.5. The second-order valence-electron chi connectivity index (χ2n) is 3.29. The van der Waals surface area contributed by atoms with Crippen molar-refractivity contribution in [3.8, 4) is 5.69 Å². The van der Waals surface area contributed by atoms with Crippen molar-refractivity contribution in [2.45, 2.75) is 19.8 Å². The van der Waals surface area contributed by atoms with Gasteiger partial charge in [-0.05, 0) is 18.6 Å². The molecular formula is C11H12ClN3. The van der Waals surface area contributed by atoms with Crippen LogP contribution in [0.1, 0.15) is 19.2 Å². The first-order valence-electron chi connectivity index (χ1n) is 4.96. The predicted molar refractivity (Wildman–Crippen MR) is 60.4 cm³/mol. The molecule has 0 amide bonds. The van der Waals surface area contributed by atoms with Gasteiger partial charge in [0.1, 0.15) is 12.2 Å². The molecule has 1 aromatic carbocycles. The number of nitrogens with zero attached hydrogens (tertiary/aromatic N) is 3. The van der Waals surface area contributed by atoms with Gasteiger partial charge in [-0.25, -0.2) is 9.67 Å². The number of halogens is 1. The van der Waals surface area contributed by atoms with Crippen molar-refractivity contribution in [3.63, 3.8) is 0 Å². The molecule has 15 heavy (non-hydrogen) atoms. The van der Waals surface area contributed by atoms with Crippen molar-refractivity contribution in [1.29, 1.82) is 0 Å². The largest absolute Gasteiger partial charge is 0.220 e. The van der Waals surface area contributed by atoms with E-state index in [1.54, 1.807) is 11.0 Å². The van der Waals surface area contributed by atoms with Gasteiger partial charge in [0, 0.05) is 6.42 Å². The topological polar surface area (TPSA) is 30.7 Å². The lowest BCUT2D eigenvalue weighted by atomic mass is 10.3. The number of aromatic nitrogens is 3. The molecule has 0 spiro atoms. The summed E-state index contributed by atoms with van der Waals surface area (Å²) in [5.74, 6) is 0.950. The summed E-state index contributed by atoms with van der Waals surface area (Å²) in [6, 6.07) is 7.64. The van der Waals surface area contributed by atoms with Crippen LogP contribution in [-0.4, -0.2) is 14.8 Å². The summed E-state index contributed by atoms with van der Waals surface area (Å²) >= 11 is 6.10. The Morgan fingerprint density at radius 1 is 1.33 bits per heavy atom. The number of para-hydroxylation sites is 1. The minimum Gasteiger partial charge on any atom is -0.220 e. The number of hydrogen-bond acceptors (Lipinski definition) is 2. The van der Waals surface area contributed by atoms with Gasteiger partial charge < -0.3 is 0 Å². The molecule has 0 saturated heterocycles.